The SMILES string of the molecule is CN(CCN(C)c1nc(NCc2ccc(F)cc2)c2ncn(Cc3ccccc3Cl)c2n1)C(=O)Oc1ccccc1. The lowest BCUT2D eigenvalue weighted by Gasteiger charge is -2.22. The molecule has 1 amide bonds. The minimum atomic E-state index is -0.458. The number of ether oxygens (including phenoxy) is 1. The van der Waals surface area contributed by atoms with E-state index in [4.69, 9.17) is 26.3 Å². The maximum absolute atomic E-state index is 13.4. The predicted octanol–water partition coefficient (Wildman–Crippen LogP) is 5.85. The Morgan fingerprint density at radius 1 is 0.976 bits per heavy atom. The molecule has 0 saturated carbocycles. The van der Waals surface area contributed by atoms with Gasteiger partial charge in [0.1, 0.15) is 11.6 Å². The Morgan fingerprint density at radius 2 is 1.71 bits per heavy atom. The summed E-state index contributed by atoms with van der Waals surface area (Å²) in [5.74, 6) is 1.17. The molecule has 0 unspecified atom stereocenters. The monoisotopic (exact) mass is 573 g/mol. The van der Waals surface area contributed by atoms with Gasteiger partial charge in [-0.15, -0.1) is 0 Å². The van der Waals surface area contributed by atoms with Crippen molar-refractivity contribution in [1.29, 1.82) is 0 Å². The van der Waals surface area contributed by atoms with Crippen LogP contribution in [0.25, 0.3) is 11.2 Å². The van der Waals surface area contributed by atoms with Crippen molar-refractivity contribution in [3.63, 3.8) is 0 Å². The number of halogens is 2. The molecule has 0 atom stereocenters. The largest absolute Gasteiger partial charge is 0.415 e. The minimum absolute atomic E-state index is 0.293. The summed E-state index contributed by atoms with van der Waals surface area (Å²) in [4.78, 5) is 30.1. The van der Waals surface area contributed by atoms with E-state index < -0.39 is 6.09 Å². The van der Waals surface area contributed by atoms with Gasteiger partial charge in [-0.25, -0.2) is 14.2 Å². The van der Waals surface area contributed by atoms with Crippen molar-refractivity contribution >= 4 is 40.6 Å². The Hall–Kier alpha value is -4.70. The molecular formula is C30H29ClFN7O2. The van der Waals surface area contributed by atoms with E-state index in [0.29, 0.717) is 59.9 Å². The number of carbonyl (C=O) groups excluding carboxylic acids is 1. The number of nitrogens with one attached hydrogen (secondary N) is 1. The first-order chi connectivity index (χ1) is 19.9. The summed E-state index contributed by atoms with van der Waals surface area (Å²) in [6, 6.07) is 22.8. The zero-order chi connectivity index (χ0) is 28.8. The van der Waals surface area contributed by atoms with Crippen LogP contribution in [0.2, 0.25) is 5.02 Å². The summed E-state index contributed by atoms with van der Waals surface area (Å²) in [6.07, 6.45) is 1.25. The van der Waals surface area contributed by atoms with E-state index in [2.05, 4.69) is 10.3 Å². The zero-order valence-electron chi connectivity index (χ0n) is 22.7. The van der Waals surface area contributed by atoms with E-state index in [1.54, 1.807) is 37.6 Å². The molecule has 5 rings (SSSR count). The van der Waals surface area contributed by atoms with Crippen molar-refractivity contribution in [3.05, 3.63) is 107 Å². The van der Waals surface area contributed by atoms with Crippen LogP contribution in [0, 0.1) is 5.82 Å². The third kappa shape index (κ3) is 6.90. The smallest absolute Gasteiger partial charge is 0.410 e. The van der Waals surface area contributed by atoms with Gasteiger partial charge in [0.2, 0.25) is 5.95 Å². The van der Waals surface area contributed by atoms with Crippen LogP contribution in [0.5, 0.6) is 5.75 Å². The van der Waals surface area contributed by atoms with Crippen LogP contribution in [0.15, 0.2) is 85.2 Å². The third-order valence-electron chi connectivity index (χ3n) is 6.50. The Bertz CT molecular complexity index is 1630. The molecule has 11 heteroatoms. The number of para-hydroxylation sites is 1. The number of hydrogen-bond donors (Lipinski definition) is 1. The molecule has 0 saturated heterocycles. The fraction of sp³-hybridized carbons (Fsp3) is 0.200. The van der Waals surface area contributed by atoms with Crippen molar-refractivity contribution in [1.82, 2.24) is 24.4 Å². The van der Waals surface area contributed by atoms with E-state index in [1.807, 2.05) is 59.0 Å². The Labute approximate surface area is 242 Å². The molecule has 2 heterocycles. The number of nitrogens with zero attached hydrogens (tertiary/aromatic N) is 6. The quantitative estimate of drug-likeness (QED) is 0.224. The van der Waals surface area contributed by atoms with Crippen molar-refractivity contribution in [2.75, 3.05) is 37.4 Å². The highest BCUT2D eigenvalue weighted by atomic mass is 35.5. The highest BCUT2D eigenvalue weighted by Crippen LogP contribution is 2.25. The van der Waals surface area contributed by atoms with Gasteiger partial charge in [-0.1, -0.05) is 60.1 Å². The lowest BCUT2D eigenvalue weighted by atomic mass is 10.2. The molecule has 9 nitrogen and oxygen atoms in total. The first-order valence-electron chi connectivity index (χ1n) is 13.0. The number of hydrogen-bond acceptors (Lipinski definition) is 7. The van der Waals surface area contributed by atoms with Gasteiger partial charge in [0, 0.05) is 38.8 Å². The number of fused-ring (bicyclic) bond motifs is 1. The number of benzene rings is 3. The molecule has 210 valence electrons. The van der Waals surface area contributed by atoms with Crippen molar-refractivity contribution in [3.8, 4) is 5.75 Å². The summed E-state index contributed by atoms with van der Waals surface area (Å²) < 4.78 is 20.7. The first kappa shape index (κ1) is 27.9. The summed E-state index contributed by atoms with van der Waals surface area (Å²) in [5.41, 5.74) is 3.04. The van der Waals surface area contributed by atoms with Crippen LogP contribution in [0.1, 0.15) is 11.1 Å². The number of likely N-dealkylation sites (N-methyl/N-ethyl adjacent to an activating group) is 2. The van der Waals surface area contributed by atoms with Crippen LogP contribution in [0.3, 0.4) is 0 Å². The summed E-state index contributed by atoms with van der Waals surface area (Å²) in [7, 11) is 3.54. The zero-order valence-corrected chi connectivity index (χ0v) is 23.4. The average molecular weight is 574 g/mol. The first-order valence-corrected chi connectivity index (χ1v) is 13.4. The van der Waals surface area contributed by atoms with Gasteiger partial charge in [-0.05, 0) is 41.5 Å². The second kappa shape index (κ2) is 12.6. The second-order valence-electron chi connectivity index (χ2n) is 9.51. The minimum Gasteiger partial charge on any atom is -0.410 e. The van der Waals surface area contributed by atoms with Crippen LogP contribution in [-0.2, 0) is 13.1 Å². The molecule has 2 aromatic heterocycles. The van der Waals surface area contributed by atoms with Gasteiger partial charge in [0.15, 0.2) is 17.0 Å². The van der Waals surface area contributed by atoms with Crippen molar-refractivity contribution < 1.29 is 13.9 Å². The molecule has 0 aliphatic rings. The maximum atomic E-state index is 13.4. The molecule has 0 bridgehead atoms. The van der Waals surface area contributed by atoms with Gasteiger partial charge in [0.05, 0.1) is 12.9 Å². The average Bonchev–Trinajstić information content (AvgIpc) is 3.39. The van der Waals surface area contributed by atoms with E-state index in [0.717, 1.165) is 11.1 Å². The van der Waals surface area contributed by atoms with Crippen LogP contribution >= 0.6 is 11.6 Å². The molecule has 0 fully saturated rings. The standard InChI is InChI=1S/C30H29ClFN7O2/c1-37(16-17-38(2)30(40)41-24-9-4-3-5-10-24)29-35-27(33-18-21-12-14-23(32)15-13-21)26-28(36-29)39(20-34-26)19-22-8-6-7-11-25(22)31/h3-15,20H,16-19H2,1-2H3,(H,33,35,36). The normalized spacial score (nSPS) is 10.9. The molecule has 0 aliphatic carbocycles. The molecule has 0 radical (unpaired) electrons. The number of amides is 1. The molecular weight excluding hydrogens is 545 g/mol. The van der Waals surface area contributed by atoms with Gasteiger partial charge < -0.3 is 24.4 Å². The van der Waals surface area contributed by atoms with Gasteiger partial charge in [-0.3, -0.25) is 0 Å². The number of anilines is 2. The van der Waals surface area contributed by atoms with Crippen LogP contribution in [-0.4, -0.2) is 57.7 Å². The van der Waals surface area contributed by atoms with Crippen LogP contribution in [0.4, 0.5) is 21.0 Å². The summed E-state index contributed by atoms with van der Waals surface area (Å²) in [5, 5.41) is 3.98. The Balaban J connectivity index is 1.37. The number of aromatic nitrogens is 4. The van der Waals surface area contributed by atoms with E-state index in [9.17, 15) is 9.18 Å². The highest BCUT2D eigenvalue weighted by molar-refractivity contribution is 6.31. The fourth-order valence-corrected chi connectivity index (χ4v) is 4.29. The molecule has 0 spiro atoms. The van der Waals surface area contributed by atoms with Crippen LogP contribution < -0.4 is 15.0 Å². The third-order valence-corrected chi connectivity index (χ3v) is 6.86. The van der Waals surface area contributed by atoms with Gasteiger partial charge >= 0.3 is 6.09 Å². The second-order valence-corrected chi connectivity index (χ2v) is 9.92. The number of carbonyl (C=O) groups is 1. The van der Waals surface area contributed by atoms with E-state index >= 15 is 0 Å². The van der Waals surface area contributed by atoms with E-state index in [1.165, 1.54) is 17.0 Å². The Morgan fingerprint density at radius 3 is 2.46 bits per heavy atom. The number of imidazole rings is 1. The summed E-state index contributed by atoms with van der Waals surface area (Å²) >= 11 is 6.43. The van der Waals surface area contributed by atoms with Gasteiger partial charge in [0.25, 0.3) is 0 Å². The molecule has 41 heavy (non-hydrogen) atoms. The molecule has 5 aromatic rings. The van der Waals surface area contributed by atoms with E-state index in [-0.39, 0.29) is 5.82 Å². The predicted molar refractivity (Wildman–Crippen MR) is 158 cm³/mol. The fourth-order valence-electron chi connectivity index (χ4n) is 4.10. The summed E-state index contributed by atoms with van der Waals surface area (Å²) in [6.45, 7) is 1.71. The highest BCUT2D eigenvalue weighted by Gasteiger charge is 2.18. The topological polar surface area (TPSA) is 88.4 Å². The molecule has 3 aromatic carbocycles. The number of rotatable bonds is 10. The van der Waals surface area contributed by atoms with Gasteiger partial charge in [-0.2, -0.15) is 9.97 Å². The van der Waals surface area contributed by atoms with Crippen molar-refractivity contribution in [2.24, 2.45) is 0 Å². The van der Waals surface area contributed by atoms with Crippen molar-refractivity contribution in [2.45, 2.75) is 13.1 Å². The molecule has 0 aliphatic heterocycles. The lowest BCUT2D eigenvalue weighted by molar-refractivity contribution is 0.164. The Kier molecular flexibility index (Phi) is 8.59. The maximum Gasteiger partial charge on any atom is 0.415 e. The molecule has 1 N–H and O–H groups in total. The lowest BCUT2D eigenvalue weighted by Crippen LogP contribution is -2.37.